The molecular weight excluding hydrogens is 263 g/mol. The van der Waals surface area contributed by atoms with Crippen LogP contribution in [0.4, 0.5) is 10.1 Å². The van der Waals surface area contributed by atoms with E-state index in [4.69, 9.17) is 11.6 Å². The number of anilines is 1. The van der Waals surface area contributed by atoms with Gasteiger partial charge in [-0.05, 0) is 38.1 Å². The lowest BCUT2D eigenvalue weighted by Crippen LogP contribution is -2.40. The maximum atomic E-state index is 14.2. The summed E-state index contributed by atoms with van der Waals surface area (Å²) >= 11 is 5.98. The Bertz CT molecular complexity index is 425. The molecule has 1 atom stereocenters. The minimum atomic E-state index is -0.152. The number of halogens is 2. The second-order valence-corrected chi connectivity index (χ2v) is 5.52. The van der Waals surface area contributed by atoms with E-state index in [1.54, 1.807) is 6.07 Å². The van der Waals surface area contributed by atoms with E-state index in [2.05, 4.69) is 23.8 Å². The molecule has 2 rings (SSSR count). The van der Waals surface area contributed by atoms with Crippen molar-refractivity contribution in [3.8, 4) is 0 Å². The van der Waals surface area contributed by atoms with E-state index in [0.717, 1.165) is 38.0 Å². The van der Waals surface area contributed by atoms with Crippen molar-refractivity contribution >= 4 is 17.3 Å². The summed E-state index contributed by atoms with van der Waals surface area (Å²) in [6.07, 6.45) is 2.07. The average molecular weight is 285 g/mol. The highest BCUT2D eigenvalue weighted by molar-refractivity contribution is 6.17. The van der Waals surface area contributed by atoms with Crippen LogP contribution in [0, 0.1) is 5.82 Å². The van der Waals surface area contributed by atoms with E-state index in [-0.39, 0.29) is 5.82 Å². The van der Waals surface area contributed by atoms with Gasteiger partial charge >= 0.3 is 0 Å². The van der Waals surface area contributed by atoms with Crippen LogP contribution >= 0.6 is 11.6 Å². The van der Waals surface area contributed by atoms with Crippen molar-refractivity contribution in [3.05, 3.63) is 29.6 Å². The van der Waals surface area contributed by atoms with Crippen molar-refractivity contribution in [2.45, 2.75) is 31.7 Å². The van der Waals surface area contributed by atoms with Gasteiger partial charge < -0.3 is 9.80 Å². The van der Waals surface area contributed by atoms with Crippen molar-refractivity contribution in [2.24, 2.45) is 0 Å². The van der Waals surface area contributed by atoms with Gasteiger partial charge in [0.2, 0.25) is 0 Å². The number of hydrogen-bond donors (Lipinski definition) is 0. The lowest BCUT2D eigenvalue weighted by atomic mass is 10.1. The molecule has 0 amide bonds. The third kappa shape index (κ3) is 3.21. The molecule has 4 heteroatoms. The first-order valence-corrected chi connectivity index (χ1v) is 7.49. The monoisotopic (exact) mass is 284 g/mol. The van der Waals surface area contributed by atoms with E-state index in [1.165, 1.54) is 6.07 Å². The molecule has 0 saturated carbocycles. The molecule has 1 saturated heterocycles. The summed E-state index contributed by atoms with van der Waals surface area (Å²) < 4.78 is 14.2. The lowest BCUT2D eigenvalue weighted by molar-refractivity contribution is 0.327. The Kier molecular flexibility index (Phi) is 5.06. The number of para-hydroxylation sites is 1. The van der Waals surface area contributed by atoms with E-state index < -0.39 is 0 Å². The average Bonchev–Trinajstić information content (AvgIpc) is 2.59. The van der Waals surface area contributed by atoms with Crippen LogP contribution in [0.15, 0.2) is 18.2 Å². The van der Waals surface area contributed by atoms with Crippen LogP contribution in [-0.4, -0.2) is 37.6 Å². The molecule has 1 unspecified atom stereocenters. The fraction of sp³-hybridized carbons (Fsp3) is 0.600. The van der Waals surface area contributed by atoms with Crippen molar-refractivity contribution in [1.82, 2.24) is 4.90 Å². The normalized spacial score (nSPS) is 21.5. The number of nitrogens with zero attached hydrogens (tertiary/aromatic N) is 2. The van der Waals surface area contributed by atoms with E-state index in [1.807, 2.05) is 6.07 Å². The summed E-state index contributed by atoms with van der Waals surface area (Å²) in [6.45, 7) is 5.11. The Morgan fingerprint density at radius 1 is 1.37 bits per heavy atom. The molecule has 1 heterocycles. The summed E-state index contributed by atoms with van der Waals surface area (Å²) in [5.41, 5.74) is 1.60. The first kappa shape index (κ1) is 14.6. The van der Waals surface area contributed by atoms with E-state index in [9.17, 15) is 4.39 Å². The predicted molar refractivity (Wildman–Crippen MR) is 79.5 cm³/mol. The van der Waals surface area contributed by atoms with Crippen LogP contribution in [0.3, 0.4) is 0 Å². The summed E-state index contributed by atoms with van der Waals surface area (Å²) in [6, 6.07) is 5.55. The van der Waals surface area contributed by atoms with Gasteiger partial charge in [-0.15, -0.1) is 11.6 Å². The van der Waals surface area contributed by atoms with Crippen LogP contribution in [0.2, 0.25) is 0 Å². The van der Waals surface area contributed by atoms with Gasteiger partial charge in [0.05, 0.1) is 5.69 Å². The fourth-order valence-electron chi connectivity index (χ4n) is 2.88. The number of hydrogen-bond acceptors (Lipinski definition) is 2. The third-order valence-electron chi connectivity index (χ3n) is 3.87. The Morgan fingerprint density at radius 3 is 2.84 bits per heavy atom. The standard InChI is InChI=1S/C15H22ClFN2/c1-3-13-11-18(2)8-5-9-19(13)15-12(10-16)6-4-7-14(15)17/h4,6-7,13H,3,5,8-11H2,1-2H3. The Hall–Kier alpha value is -0.800. The quantitative estimate of drug-likeness (QED) is 0.784. The lowest BCUT2D eigenvalue weighted by Gasteiger charge is -2.33. The topological polar surface area (TPSA) is 6.48 Å². The largest absolute Gasteiger partial charge is 0.365 e. The Balaban J connectivity index is 2.37. The molecule has 1 aromatic rings. The van der Waals surface area contributed by atoms with Crippen LogP contribution in [0.1, 0.15) is 25.3 Å². The van der Waals surface area contributed by atoms with Gasteiger partial charge in [0.1, 0.15) is 5.82 Å². The molecule has 2 nitrogen and oxygen atoms in total. The first-order chi connectivity index (χ1) is 9.17. The van der Waals surface area contributed by atoms with Gasteiger partial charge in [-0.25, -0.2) is 4.39 Å². The number of alkyl halides is 1. The van der Waals surface area contributed by atoms with E-state index >= 15 is 0 Å². The number of likely N-dealkylation sites (N-methyl/N-ethyl adjacent to an activating group) is 1. The van der Waals surface area contributed by atoms with Gasteiger partial charge in [-0.3, -0.25) is 0 Å². The molecule has 0 spiro atoms. The van der Waals surface area contributed by atoms with Gasteiger partial charge in [-0.2, -0.15) is 0 Å². The number of rotatable bonds is 3. The predicted octanol–water partition coefficient (Wildman–Crippen LogP) is 3.49. The van der Waals surface area contributed by atoms with E-state index in [0.29, 0.717) is 17.6 Å². The maximum absolute atomic E-state index is 14.2. The summed E-state index contributed by atoms with van der Waals surface area (Å²) in [5, 5.41) is 0. The van der Waals surface area contributed by atoms with Gasteiger partial charge in [0.15, 0.2) is 0 Å². The second-order valence-electron chi connectivity index (χ2n) is 5.25. The van der Waals surface area contributed by atoms with Crippen molar-refractivity contribution < 1.29 is 4.39 Å². The highest BCUT2D eigenvalue weighted by Gasteiger charge is 2.25. The van der Waals surface area contributed by atoms with Crippen LogP contribution in [0.5, 0.6) is 0 Å². The Morgan fingerprint density at radius 2 is 2.16 bits per heavy atom. The summed E-state index contributed by atoms with van der Waals surface area (Å²) in [5.74, 6) is 0.205. The van der Waals surface area contributed by atoms with Crippen molar-refractivity contribution in [1.29, 1.82) is 0 Å². The minimum absolute atomic E-state index is 0.152. The highest BCUT2D eigenvalue weighted by atomic mass is 35.5. The van der Waals surface area contributed by atoms with Crippen molar-refractivity contribution in [3.63, 3.8) is 0 Å². The summed E-state index contributed by atoms with van der Waals surface area (Å²) in [7, 11) is 2.13. The SMILES string of the molecule is CCC1CN(C)CCCN1c1c(F)cccc1CCl. The minimum Gasteiger partial charge on any atom is -0.365 e. The fourth-order valence-corrected chi connectivity index (χ4v) is 3.09. The first-order valence-electron chi connectivity index (χ1n) is 6.96. The van der Waals surface area contributed by atoms with Crippen LogP contribution < -0.4 is 4.90 Å². The molecule has 1 aliphatic heterocycles. The highest BCUT2D eigenvalue weighted by Crippen LogP contribution is 2.29. The van der Waals surface area contributed by atoms with Crippen LogP contribution in [0.25, 0.3) is 0 Å². The van der Waals surface area contributed by atoms with Gasteiger partial charge in [0.25, 0.3) is 0 Å². The molecule has 1 fully saturated rings. The zero-order valence-corrected chi connectivity index (χ0v) is 12.5. The molecule has 0 bridgehead atoms. The molecule has 19 heavy (non-hydrogen) atoms. The second kappa shape index (κ2) is 6.58. The zero-order valence-electron chi connectivity index (χ0n) is 11.7. The molecule has 0 aliphatic carbocycles. The van der Waals surface area contributed by atoms with Crippen molar-refractivity contribution in [2.75, 3.05) is 31.6 Å². The molecular formula is C15H22ClFN2. The van der Waals surface area contributed by atoms with Crippen LogP contribution in [-0.2, 0) is 5.88 Å². The Labute approximate surface area is 120 Å². The van der Waals surface area contributed by atoms with Gasteiger partial charge in [0, 0.05) is 25.0 Å². The molecule has 106 valence electrons. The van der Waals surface area contributed by atoms with Gasteiger partial charge in [-0.1, -0.05) is 19.1 Å². The smallest absolute Gasteiger partial charge is 0.146 e. The third-order valence-corrected chi connectivity index (χ3v) is 4.16. The maximum Gasteiger partial charge on any atom is 0.146 e. The summed E-state index contributed by atoms with van der Waals surface area (Å²) in [4.78, 5) is 4.55. The molecule has 0 radical (unpaired) electrons. The number of benzene rings is 1. The molecule has 0 N–H and O–H groups in total. The zero-order chi connectivity index (χ0) is 13.8. The molecule has 1 aromatic carbocycles. The molecule has 1 aliphatic rings. The molecule has 0 aromatic heterocycles.